The maximum atomic E-state index is 12.8. The van der Waals surface area contributed by atoms with Crippen LogP contribution in [0.15, 0.2) is 34.9 Å². The molecule has 124 valence electrons. The number of rotatable bonds is 4. The number of aromatic nitrogens is 1. The molecule has 0 radical (unpaired) electrons. The Morgan fingerprint density at radius 1 is 1.33 bits per heavy atom. The molecule has 3 amide bonds. The van der Waals surface area contributed by atoms with E-state index in [2.05, 4.69) is 10.3 Å². The van der Waals surface area contributed by atoms with Gasteiger partial charge in [0, 0.05) is 10.9 Å². The molecule has 2 heterocycles. The molecule has 2 fully saturated rings. The second-order valence-electron chi connectivity index (χ2n) is 6.38. The van der Waals surface area contributed by atoms with Gasteiger partial charge in [0.25, 0.3) is 5.91 Å². The molecule has 7 heteroatoms. The summed E-state index contributed by atoms with van der Waals surface area (Å²) in [4.78, 5) is 30.4. The highest BCUT2D eigenvalue weighted by Gasteiger charge is 2.49. The fourth-order valence-electron chi connectivity index (χ4n) is 2.91. The first-order valence-corrected chi connectivity index (χ1v) is 8.20. The average molecular weight is 346 g/mol. The second kappa shape index (κ2) is 5.34. The summed E-state index contributed by atoms with van der Waals surface area (Å²) in [6.45, 7) is 1.71. The number of halogens is 1. The van der Waals surface area contributed by atoms with Crippen molar-refractivity contribution in [2.75, 3.05) is 0 Å². The van der Waals surface area contributed by atoms with Crippen LogP contribution in [-0.4, -0.2) is 21.8 Å². The highest BCUT2D eigenvalue weighted by Crippen LogP contribution is 2.40. The normalized spacial score (nSPS) is 23.7. The van der Waals surface area contributed by atoms with Crippen LogP contribution in [0.5, 0.6) is 0 Å². The van der Waals surface area contributed by atoms with E-state index in [1.54, 1.807) is 37.4 Å². The van der Waals surface area contributed by atoms with E-state index >= 15 is 0 Å². The number of hydrogen-bond donors (Lipinski definition) is 1. The Morgan fingerprint density at radius 2 is 2.04 bits per heavy atom. The smallest absolute Gasteiger partial charge is 0.325 e. The van der Waals surface area contributed by atoms with E-state index in [9.17, 15) is 9.59 Å². The van der Waals surface area contributed by atoms with E-state index < -0.39 is 11.6 Å². The van der Waals surface area contributed by atoms with Crippen molar-refractivity contribution in [1.29, 1.82) is 0 Å². The Bertz CT molecular complexity index is 813. The molecule has 1 saturated heterocycles. The number of carbonyl (C=O) groups excluding carboxylic acids is 2. The van der Waals surface area contributed by atoms with Crippen molar-refractivity contribution in [3.8, 4) is 0 Å². The molecule has 1 N–H and O–H groups in total. The van der Waals surface area contributed by atoms with Gasteiger partial charge in [0.05, 0.1) is 6.20 Å². The molecule has 4 rings (SSSR count). The molecule has 24 heavy (non-hydrogen) atoms. The predicted molar refractivity (Wildman–Crippen MR) is 86.4 cm³/mol. The van der Waals surface area contributed by atoms with Crippen LogP contribution in [0.4, 0.5) is 4.79 Å². The lowest BCUT2D eigenvalue weighted by Gasteiger charge is -2.22. The van der Waals surface area contributed by atoms with Crippen LogP contribution in [0.25, 0.3) is 0 Å². The zero-order chi connectivity index (χ0) is 16.9. The van der Waals surface area contributed by atoms with Gasteiger partial charge < -0.3 is 9.73 Å². The number of oxazole rings is 1. The number of imide groups is 1. The number of hydrogen-bond acceptors (Lipinski definition) is 4. The number of urea groups is 1. The summed E-state index contributed by atoms with van der Waals surface area (Å²) in [6.07, 6.45) is 3.89. The Morgan fingerprint density at radius 3 is 2.71 bits per heavy atom. The minimum Gasteiger partial charge on any atom is -0.443 e. The Balaban J connectivity index is 1.57. The van der Waals surface area contributed by atoms with Crippen molar-refractivity contribution in [1.82, 2.24) is 15.2 Å². The number of amides is 3. The highest BCUT2D eigenvalue weighted by atomic mass is 35.5. The first kappa shape index (κ1) is 15.2. The van der Waals surface area contributed by atoms with Gasteiger partial charge in [0.15, 0.2) is 0 Å². The predicted octanol–water partition coefficient (Wildman–Crippen LogP) is 3.17. The van der Waals surface area contributed by atoms with Crippen molar-refractivity contribution >= 4 is 23.5 Å². The Labute approximate surface area is 143 Å². The molecular formula is C17H16ClN3O3. The van der Waals surface area contributed by atoms with E-state index in [-0.39, 0.29) is 12.5 Å². The number of nitrogens with zero attached hydrogens (tertiary/aromatic N) is 2. The van der Waals surface area contributed by atoms with Gasteiger partial charge in [0.2, 0.25) is 5.89 Å². The summed E-state index contributed by atoms with van der Waals surface area (Å²) in [7, 11) is 0. The zero-order valence-electron chi connectivity index (χ0n) is 13.1. The number of benzene rings is 1. The third kappa shape index (κ3) is 2.47. The summed E-state index contributed by atoms with van der Waals surface area (Å²) in [6, 6.07) is 6.41. The fraction of sp³-hybridized carbons (Fsp3) is 0.353. The SMILES string of the molecule is C[C@@]1(c2ccc(Cl)cc2)NC(=O)N(Cc2ncc(C3CC3)o2)C1=O. The summed E-state index contributed by atoms with van der Waals surface area (Å²) in [5.74, 6) is 1.31. The summed E-state index contributed by atoms with van der Waals surface area (Å²) in [5, 5.41) is 3.33. The van der Waals surface area contributed by atoms with Crippen molar-refractivity contribution in [3.63, 3.8) is 0 Å². The second-order valence-corrected chi connectivity index (χ2v) is 6.82. The van der Waals surface area contributed by atoms with Crippen LogP contribution in [-0.2, 0) is 16.9 Å². The molecular weight excluding hydrogens is 330 g/mol. The molecule has 1 aromatic carbocycles. The molecule has 0 unspecified atom stereocenters. The van der Waals surface area contributed by atoms with Gasteiger partial charge >= 0.3 is 6.03 Å². The minimum absolute atomic E-state index is 0.0283. The zero-order valence-corrected chi connectivity index (χ0v) is 13.8. The summed E-state index contributed by atoms with van der Waals surface area (Å²) in [5.41, 5.74) is -0.438. The fourth-order valence-corrected chi connectivity index (χ4v) is 3.03. The topological polar surface area (TPSA) is 75.4 Å². The molecule has 0 bridgehead atoms. The van der Waals surface area contributed by atoms with E-state index in [1.807, 2.05) is 0 Å². The van der Waals surface area contributed by atoms with Crippen molar-refractivity contribution in [2.45, 2.75) is 37.8 Å². The van der Waals surface area contributed by atoms with Crippen LogP contribution in [0.2, 0.25) is 5.02 Å². The van der Waals surface area contributed by atoms with Crippen LogP contribution in [0, 0.1) is 0 Å². The molecule has 6 nitrogen and oxygen atoms in total. The average Bonchev–Trinajstić information content (AvgIpc) is 3.26. The van der Waals surface area contributed by atoms with Crippen LogP contribution in [0.3, 0.4) is 0 Å². The van der Waals surface area contributed by atoms with Crippen LogP contribution >= 0.6 is 11.6 Å². The van der Waals surface area contributed by atoms with Crippen LogP contribution < -0.4 is 5.32 Å². The highest BCUT2D eigenvalue weighted by molar-refractivity contribution is 6.30. The van der Waals surface area contributed by atoms with Gasteiger partial charge in [-0.2, -0.15) is 0 Å². The first-order valence-electron chi connectivity index (χ1n) is 7.82. The Kier molecular flexibility index (Phi) is 3.38. The standard InChI is InChI=1S/C17H16ClN3O3/c1-17(11-4-6-12(18)7-5-11)15(22)21(16(23)20-17)9-14-19-8-13(24-14)10-2-3-10/h4-8,10H,2-3,9H2,1H3,(H,20,23)/t17-/m0/s1. The molecule has 2 aliphatic rings. The van der Waals surface area contributed by atoms with Crippen molar-refractivity contribution < 1.29 is 14.0 Å². The van der Waals surface area contributed by atoms with Gasteiger partial charge in [0.1, 0.15) is 17.8 Å². The van der Waals surface area contributed by atoms with Crippen LogP contribution in [0.1, 0.15) is 42.9 Å². The maximum Gasteiger partial charge on any atom is 0.325 e. The van der Waals surface area contributed by atoms with Gasteiger partial charge in [-0.25, -0.2) is 9.78 Å². The lowest BCUT2D eigenvalue weighted by Crippen LogP contribution is -2.40. The largest absolute Gasteiger partial charge is 0.443 e. The van der Waals surface area contributed by atoms with Crippen molar-refractivity contribution in [2.24, 2.45) is 0 Å². The number of nitrogens with one attached hydrogen (secondary N) is 1. The molecule has 1 atom stereocenters. The summed E-state index contributed by atoms with van der Waals surface area (Å²) >= 11 is 5.89. The molecule has 1 aliphatic carbocycles. The third-order valence-electron chi connectivity index (χ3n) is 4.54. The monoisotopic (exact) mass is 345 g/mol. The van der Waals surface area contributed by atoms with Gasteiger partial charge in [-0.3, -0.25) is 9.69 Å². The van der Waals surface area contributed by atoms with Gasteiger partial charge in [-0.15, -0.1) is 0 Å². The third-order valence-corrected chi connectivity index (χ3v) is 4.79. The summed E-state index contributed by atoms with van der Waals surface area (Å²) < 4.78 is 5.65. The van der Waals surface area contributed by atoms with Gasteiger partial charge in [-0.05, 0) is 37.5 Å². The molecule has 1 saturated carbocycles. The molecule has 1 aliphatic heterocycles. The van der Waals surface area contributed by atoms with E-state index in [0.29, 0.717) is 22.4 Å². The minimum atomic E-state index is -1.12. The maximum absolute atomic E-state index is 12.8. The van der Waals surface area contributed by atoms with E-state index in [4.69, 9.17) is 16.0 Å². The lowest BCUT2D eigenvalue weighted by atomic mass is 9.92. The lowest BCUT2D eigenvalue weighted by molar-refractivity contribution is -0.131. The van der Waals surface area contributed by atoms with E-state index in [1.165, 1.54) is 0 Å². The first-order chi connectivity index (χ1) is 11.5. The molecule has 1 aromatic heterocycles. The number of carbonyl (C=O) groups is 2. The quantitative estimate of drug-likeness (QED) is 0.863. The van der Waals surface area contributed by atoms with E-state index in [0.717, 1.165) is 23.5 Å². The molecule has 0 spiro atoms. The molecule has 2 aromatic rings. The van der Waals surface area contributed by atoms with Gasteiger partial charge in [-0.1, -0.05) is 23.7 Å². The van der Waals surface area contributed by atoms with Crippen molar-refractivity contribution in [3.05, 3.63) is 52.7 Å². The Hall–Kier alpha value is -2.34.